The predicted octanol–water partition coefficient (Wildman–Crippen LogP) is 6.76. The van der Waals surface area contributed by atoms with Crippen molar-refractivity contribution in [2.24, 2.45) is 5.41 Å². The number of amides is 1. The second kappa shape index (κ2) is 9.60. The van der Waals surface area contributed by atoms with Crippen LogP contribution in [0.5, 0.6) is 0 Å². The number of benzene rings is 2. The number of carbonyl (C=O) groups is 1. The average molecular weight is 554 g/mol. The van der Waals surface area contributed by atoms with Crippen molar-refractivity contribution in [3.05, 3.63) is 52.0 Å². The number of unbranched alkanes of at least 4 members (excludes halogenated alkanes) is 1. The molecule has 4 rings (SSSR count). The van der Waals surface area contributed by atoms with Crippen LogP contribution in [0.1, 0.15) is 92.2 Å². The Labute approximate surface area is 226 Å². The first-order chi connectivity index (χ1) is 16.6. The monoisotopic (exact) mass is 553 g/mol. The number of hydrogen-bond donors (Lipinski definition) is 1. The van der Waals surface area contributed by atoms with E-state index in [2.05, 4.69) is 113 Å². The Morgan fingerprint density at radius 2 is 1.50 bits per heavy atom. The van der Waals surface area contributed by atoms with Crippen molar-refractivity contribution in [1.82, 2.24) is 5.32 Å². The summed E-state index contributed by atoms with van der Waals surface area (Å²) in [6.45, 7) is 17.7. The molecule has 1 N–H and O–H groups in total. The van der Waals surface area contributed by atoms with E-state index in [9.17, 15) is 4.79 Å². The van der Waals surface area contributed by atoms with Crippen molar-refractivity contribution < 1.29 is 14.1 Å². The molecule has 2 aliphatic rings. The molecule has 0 aromatic heterocycles. The van der Waals surface area contributed by atoms with Gasteiger partial charge in [0.15, 0.2) is 0 Å². The topological polar surface area (TPSA) is 47.6 Å². The van der Waals surface area contributed by atoms with Gasteiger partial charge in [0.2, 0.25) is 5.91 Å². The van der Waals surface area contributed by atoms with Crippen LogP contribution in [-0.4, -0.2) is 30.8 Å². The van der Waals surface area contributed by atoms with Gasteiger partial charge in [-0.2, -0.15) is 0 Å². The van der Waals surface area contributed by atoms with Gasteiger partial charge in [0.05, 0.1) is 11.2 Å². The average Bonchev–Trinajstić information content (AvgIpc) is 3.12. The lowest BCUT2D eigenvalue weighted by Crippen LogP contribution is -2.41. The summed E-state index contributed by atoms with van der Waals surface area (Å²) < 4.78 is 13.8. The minimum absolute atomic E-state index is 0.0110. The smallest absolute Gasteiger partial charge is 0.399 e. The van der Waals surface area contributed by atoms with Crippen molar-refractivity contribution in [2.45, 2.75) is 97.7 Å². The molecule has 194 valence electrons. The summed E-state index contributed by atoms with van der Waals surface area (Å²) in [5, 5.41) is 3.11. The quantitative estimate of drug-likeness (QED) is 0.304. The molecule has 6 heteroatoms. The molecular weight excluding hydrogens is 513 g/mol. The second-order valence-electron chi connectivity index (χ2n) is 13.0. The molecule has 1 unspecified atom stereocenters. The lowest BCUT2D eigenvalue weighted by Gasteiger charge is -2.32. The lowest BCUT2D eigenvalue weighted by atomic mass is 9.72. The zero-order valence-corrected chi connectivity index (χ0v) is 24.8. The molecule has 2 aromatic rings. The third kappa shape index (κ3) is 5.32. The van der Waals surface area contributed by atoms with Crippen LogP contribution in [0.2, 0.25) is 0 Å². The molecule has 1 heterocycles. The molecule has 1 amide bonds. The SMILES string of the molecule is CC(C)(C)CC(=O)NCCCCC1(C)c2cc(Br)ccc2-c2ccc(B3OC(C)(C)C(C)(C)O3)cc21. The molecule has 1 saturated heterocycles. The Kier molecular flexibility index (Phi) is 7.31. The van der Waals surface area contributed by atoms with Crippen molar-refractivity contribution in [2.75, 3.05) is 6.54 Å². The van der Waals surface area contributed by atoms with E-state index in [-0.39, 0.29) is 35.1 Å². The fraction of sp³-hybridized carbons (Fsp3) is 0.567. The van der Waals surface area contributed by atoms with Gasteiger partial charge in [0.1, 0.15) is 0 Å². The molecule has 0 radical (unpaired) electrons. The van der Waals surface area contributed by atoms with E-state index >= 15 is 0 Å². The van der Waals surface area contributed by atoms with E-state index in [1.54, 1.807) is 0 Å². The van der Waals surface area contributed by atoms with Crippen LogP contribution in [0.3, 0.4) is 0 Å². The van der Waals surface area contributed by atoms with Gasteiger partial charge in [0.25, 0.3) is 0 Å². The number of halogens is 1. The predicted molar refractivity (Wildman–Crippen MR) is 153 cm³/mol. The van der Waals surface area contributed by atoms with Crippen molar-refractivity contribution >= 4 is 34.4 Å². The fourth-order valence-electron chi connectivity index (χ4n) is 5.38. The molecule has 1 aliphatic carbocycles. The minimum atomic E-state index is -0.377. The maximum absolute atomic E-state index is 12.2. The minimum Gasteiger partial charge on any atom is -0.399 e. The zero-order valence-electron chi connectivity index (χ0n) is 23.2. The Bertz CT molecular complexity index is 1140. The van der Waals surface area contributed by atoms with Crippen molar-refractivity contribution in [1.29, 1.82) is 0 Å². The number of carbonyl (C=O) groups excluding carboxylic acids is 1. The number of rotatable bonds is 7. The van der Waals surface area contributed by atoms with Gasteiger partial charge in [-0.15, -0.1) is 0 Å². The summed E-state index contributed by atoms with van der Waals surface area (Å²) in [5.74, 6) is 0.140. The number of hydrogen-bond acceptors (Lipinski definition) is 3. The van der Waals surface area contributed by atoms with Crippen LogP contribution in [0.4, 0.5) is 0 Å². The number of nitrogens with one attached hydrogen (secondary N) is 1. The molecular formula is C30H41BBrNO3. The molecule has 1 atom stereocenters. The first-order valence-corrected chi connectivity index (χ1v) is 14.0. The molecule has 0 saturated carbocycles. The summed E-state index contributed by atoms with van der Waals surface area (Å²) in [6.07, 6.45) is 3.55. The Balaban J connectivity index is 1.54. The normalized spacial score (nSPS) is 21.9. The van der Waals surface area contributed by atoms with Gasteiger partial charge in [0, 0.05) is 22.9 Å². The van der Waals surface area contributed by atoms with E-state index in [1.165, 1.54) is 22.3 Å². The highest BCUT2D eigenvalue weighted by Crippen LogP contribution is 2.51. The van der Waals surface area contributed by atoms with E-state index in [1.807, 2.05) is 0 Å². The first kappa shape index (κ1) is 27.4. The summed E-state index contributed by atoms with van der Waals surface area (Å²) in [4.78, 5) is 12.2. The highest BCUT2D eigenvalue weighted by Gasteiger charge is 2.52. The third-order valence-corrected chi connectivity index (χ3v) is 8.64. The van der Waals surface area contributed by atoms with Gasteiger partial charge < -0.3 is 14.6 Å². The maximum atomic E-state index is 12.2. The molecule has 36 heavy (non-hydrogen) atoms. The summed E-state index contributed by atoms with van der Waals surface area (Å²) in [6, 6.07) is 13.3. The van der Waals surface area contributed by atoms with Gasteiger partial charge in [-0.1, -0.05) is 74.3 Å². The molecule has 2 aromatic carbocycles. The molecule has 4 nitrogen and oxygen atoms in total. The highest BCUT2D eigenvalue weighted by molar-refractivity contribution is 9.10. The molecule has 0 spiro atoms. The van der Waals surface area contributed by atoms with Crippen LogP contribution in [-0.2, 0) is 19.5 Å². The van der Waals surface area contributed by atoms with Crippen LogP contribution < -0.4 is 10.8 Å². The fourth-order valence-corrected chi connectivity index (χ4v) is 5.74. The lowest BCUT2D eigenvalue weighted by molar-refractivity contribution is -0.122. The van der Waals surface area contributed by atoms with Gasteiger partial charge in [-0.25, -0.2) is 0 Å². The Hall–Kier alpha value is -1.63. The van der Waals surface area contributed by atoms with Gasteiger partial charge >= 0.3 is 7.12 Å². The van der Waals surface area contributed by atoms with Crippen LogP contribution in [0.15, 0.2) is 40.9 Å². The Morgan fingerprint density at radius 3 is 2.11 bits per heavy atom. The largest absolute Gasteiger partial charge is 0.494 e. The zero-order chi connectivity index (χ0) is 26.5. The molecule has 1 fully saturated rings. The summed E-state index contributed by atoms with van der Waals surface area (Å²) in [5.41, 5.74) is 5.50. The standard InChI is InChI=1S/C30H41BBrNO3/c1-27(2,3)19-26(34)33-16-10-9-15-30(8)24-17-20(31-35-28(4,5)29(6,7)36-31)11-13-22(24)23-14-12-21(32)18-25(23)30/h11-14,17-18H,9-10,15-16,19H2,1-8H3,(H,33,34). The maximum Gasteiger partial charge on any atom is 0.494 e. The number of fused-ring (bicyclic) bond motifs is 3. The third-order valence-electron chi connectivity index (χ3n) is 8.15. The highest BCUT2D eigenvalue weighted by atomic mass is 79.9. The first-order valence-electron chi connectivity index (χ1n) is 13.2. The van der Waals surface area contributed by atoms with Crippen LogP contribution >= 0.6 is 15.9 Å². The molecule has 1 aliphatic heterocycles. The van der Waals surface area contributed by atoms with Gasteiger partial charge in [-0.05, 0) is 85.8 Å². The van der Waals surface area contributed by atoms with Crippen LogP contribution in [0, 0.1) is 5.41 Å². The van der Waals surface area contributed by atoms with Crippen molar-refractivity contribution in [3.63, 3.8) is 0 Å². The van der Waals surface area contributed by atoms with E-state index in [4.69, 9.17) is 9.31 Å². The summed E-state index contributed by atoms with van der Waals surface area (Å²) in [7, 11) is -0.377. The van der Waals surface area contributed by atoms with E-state index in [0.29, 0.717) is 6.42 Å². The van der Waals surface area contributed by atoms with Crippen LogP contribution in [0.25, 0.3) is 11.1 Å². The Morgan fingerprint density at radius 1 is 0.917 bits per heavy atom. The van der Waals surface area contributed by atoms with E-state index in [0.717, 1.165) is 35.7 Å². The van der Waals surface area contributed by atoms with Gasteiger partial charge in [-0.3, -0.25) is 4.79 Å². The van der Waals surface area contributed by atoms with Crippen molar-refractivity contribution in [3.8, 4) is 11.1 Å². The van der Waals surface area contributed by atoms with E-state index < -0.39 is 0 Å². The summed E-state index contributed by atoms with van der Waals surface area (Å²) >= 11 is 3.70. The second-order valence-corrected chi connectivity index (χ2v) is 13.9. The molecule has 0 bridgehead atoms.